The van der Waals surface area contributed by atoms with Gasteiger partial charge >= 0.3 is 11.9 Å². The van der Waals surface area contributed by atoms with E-state index >= 15 is 0 Å². The molecule has 78 heavy (non-hydrogen) atoms. The molecule has 0 saturated heterocycles. The maximum absolute atomic E-state index is 13.2. The van der Waals surface area contributed by atoms with Crippen LogP contribution in [0.2, 0.25) is 0 Å². The summed E-state index contributed by atoms with van der Waals surface area (Å²) >= 11 is 0. The third kappa shape index (κ3) is 13.6. The van der Waals surface area contributed by atoms with E-state index in [9.17, 15) is 9.59 Å². The van der Waals surface area contributed by atoms with Crippen LogP contribution >= 0.6 is 0 Å². The summed E-state index contributed by atoms with van der Waals surface area (Å²) in [6.07, 6.45) is 6.08. The fourth-order valence-electron chi connectivity index (χ4n) is 11.6. The van der Waals surface area contributed by atoms with Crippen molar-refractivity contribution in [2.24, 2.45) is 0 Å². The second kappa shape index (κ2) is 27.0. The monoisotopic (exact) mass is 1080 g/mol. The predicted octanol–water partition coefficient (Wildman–Crippen LogP) is 9.48. The van der Waals surface area contributed by atoms with Crippen LogP contribution in [0.4, 0.5) is 0 Å². The zero-order valence-corrected chi connectivity index (χ0v) is 48.0. The number of hydrogen-bond donors (Lipinski definition) is 0. The lowest BCUT2D eigenvalue weighted by molar-refractivity contribution is -0.941. The van der Waals surface area contributed by atoms with Crippen LogP contribution in [0, 0.1) is 0 Å². The van der Waals surface area contributed by atoms with Crippen molar-refractivity contribution < 1.29 is 75.4 Å². The molecule has 0 radical (unpaired) electrons. The molecule has 2 aliphatic heterocycles. The van der Waals surface area contributed by atoms with E-state index in [1.807, 2.05) is 42.5 Å². The van der Waals surface area contributed by atoms with E-state index < -0.39 is 0 Å². The van der Waals surface area contributed by atoms with Crippen LogP contribution in [0.25, 0.3) is 0 Å². The van der Waals surface area contributed by atoms with Crippen molar-refractivity contribution in [3.8, 4) is 57.5 Å². The van der Waals surface area contributed by atoms with Gasteiger partial charge in [-0.3, -0.25) is 9.59 Å². The van der Waals surface area contributed by atoms with E-state index in [0.717, 1.165) is 70.2 Å². The first kappa shape index (κ1) is 58.6. The molecule has 4 unspecified atom stereocenters. The number of fused-ring (bicyclic) bond motifs is 2. The number of nitrogens with zero attached hydrogens (tertiary/aromatic N) is 2. The van der Waals surface area contributed by atoms with Gasteiger partial charge in [-0.1, -0.05) is 24.3 Å². The highest BCUT2D eigenvalue weighted by molar-refractivity contribution is 5.70. The number of ether oxygens (including phenoxy) is 12. The van der Waals surface area contributed by atoms with Crippen molar-refractivity contribution in [2.45, 2.75) is 76.3 Å². The van der Waals surface area contributed by atoms with Crippen LogP contribution in [0.15, 0.2) is 72.8 Å². The van der Waals surface area contributed by atoms with Crippen molar-refractivity contribution in [1.82, 2.24) is 0 Å². The molecule has 4 atom stereocenters. The molecule has 5 aromatic rings. The zero-order chi connectivity index (χ0) is 56.0. The van der Waals surface area contributed by atoms with Crippen LogP contribution in [0.1, 0.15) is 82.3 Å². The molecule has 7 rings (SSSR count). The van der Waals surface area contributed by atoms with Gasteiger partial charge in [0.05, 0.1) is 125 Å². The van der Waals surface area contributed by atoms with Crippen LogP contribution in [0.3, 0.4) is 0 Å². The number of esters is 2. The normalized spacial score (nSPS) is 18.4. The molecule has 16 heteroatoms. The molecule has 5 aromatic carbocycles. The number of carbonyl (C=O) groups excluding carboxylic acids is 2. The van der Waals surface area contributed by atoms with Gasteiger partial charge in [0, 0.05) is 62.5 Å². The van der Waals surface area contributed by atoms with Crippen molar-refractivity contribution in [1.29, 1.82) is 0 Å². The van der Waals surface area contributed by atoms with E-state index in [1.165, 1.54) is 22.3 Å². The third-order valence-electron chi connectivity index (χ3n) is 16.0. The van der Waals surface area contributed by atoms with Crippen LogP contribution in [-0.2, 0) is 57.6 Å². The molecular weight excluding hydrogens is 997 g/mol. The summed E-state index contributed by atoms with van der Waals surface area (Å²) in [5.41, 5.74) is 8.96. The largest absolute Gasteiger partial charge is 0.493 e. The lowest BCUT2D eigenvalue weighted by Gasteiger charge is -2.46. The Morgan fingerprint density at radius 2 is 0.782 bits per heavy atom. The summed E-state index contributed by atoms with van der Waals surface area (Å²) in [4.78, 5) is 26.3. The van der Waals surface area contributed by atoms with Gasteiger partial charge in [0.25, 0.3) is 0 Å². The number of quaternary nitrogens is 2. The van der Waals surface area contributed by atoms with Crippen LogP contribution < -0.4 is 47.4 Å². The zero-order valence-electron chi connectivity index (χ0n) is 48.0. The molecule has 0 N–H and O–H groups in total. The minimum atomic E-state index is -0.237. The van der Waals surface area contributed by atoms with Crippen molar-refractivity contribution in [3.63, 3.8) is 0 Å². The molecular formula is C62H82N2O14+2. The van der Waals surface area contributed by atoms with Gasteiger partial charge in [0.15, 0.2) is 46.0 Å². The molecule has 0 fully saturated rings. The first-order chi connectivity index (χ1) is 37.7. The fraction of sp³-hybridized carbons (Fsp3) is 0.484. The molecule has 0 saturated carbocycles. The summed E-state index contributed by atoms with van der Waals surface area (Å²) in [6, 6.07) is 24.6. The predicted molar refractivity (Wildman–Crippen MR) is 298 cm³/mol. The number of rotatable bonds is 28. The van der Waals surface area contributed by atoms with Crippen molar-refractivity contribution in [3.05, 3.63) is 117 Å². The number of likely N-dealkylation sites (N-methyl/N-ethyl adjacent to an activating group) is 2. The first-order valence-electron chi connectivity index (χ1n) is 26.9. The Balaban J connectivity index is 0.900. The molecule has 0 spiro atoms. The average molecular weight is 1080 g/mol. The number of benzene rings is 5. The molecule has 0 aliphatic carbocycles. The Hall–Kier alpha value is -7.04. The maximum Gasteiger partial charge on any atom is 0.306 e. The lowest BCUT2D eigenvalue weighted by atomic mass is 9.86. The van der Waals surface area contributed by atoms with Gasteiger partial charge in [-0.25, -0.2) is 0 Å². The Morgan fingerprint density at radius 1 is 0.436 bits per heavy atom. The van der Waals surface area contributed by atoms with E-state index in [2.05, 4.69) is 44.4 Å². The van der Waals surface area contributed by atoms with Gasteiger partial charge in [0.2, 0.25) is 11.5 Å². The summed E-state index contributed by atoms with van der Waals surface area (Å²) in [7, 11) is 20.9. The highest BCUT2D eigenvalue weighted by Gasteiger charge is 2.42. The summed E-state index contributed by atoms with van der Waals surface area (Å²) < 4.78 is 70.2. The smallest absolute Gasteiger partial charge is 0.306 e. The Bertz CT molecular complexity index is 2620. The van der Waals surface area contributed by atoms with Gasteiger partial charge in [0.1, 0.15) is 12.1 Å². The van der Waals surface area contributed by atoms with Gasteiger partial charge < -0.3 is 65.8 Å². The molecule has 0 aromatic heterocycles. The number of carbonyl (C=O) groups is 2. The van der Waals surface area contributed by atoms with Gasteiger partial charge in [-0.2, -0.15) is 0 Å². The van der Waals surface area contributed by atoms with Crippen LogP contribution in [-0.4, -0.2) is 145 Å². The number of aryl methyl sites for hydroxylation is 2. The van der Waals surface area contributed by atoms with E-state index in [-0.39, 0.29) is 36.9 Å². The molecule has 2 heterocycles. The molecule has 2 aliphatic rings. The minimum absolute atomic E-state index is 0.0497. The second-order valence-corrected chi connectivity index (χ2v) is 20.6. The van der Waals surface area contributed by atoms with Crippen molar-refractivity contribution >= 4 is 11.9 Å². The molecule has 0 bridgehead atoms. The molecule has 0 amide bonds. The SMILES string of the molecule is COc1cc2c(cc1OC)C(Cc1cc(OC)c(OC)c(OC)c1)[N+](C)(CCCOC(=O)CCc1cccc(CCC(=O)OCCC[N+]3(C)CCc4cc(OC)c(OC)cc4C3Cc3cc(OC)c(OC)c(OC)c3)c1)CC2. The standard InChI is InChI=1S/C62H82N2O14/c1-63(26-22-45-37-51(67-3)53(69-5)39-47(45)49(63)31-43-33-55(71-7)61(75-11)56(34-43)72-8)24-14-28-77-59(65)20-18-41-16-13-17-42(30-41)19-21-60(66)78-29-15-25-64(2)27-23-46-38-52(68-4)54(70-6)40-48(46)50(64)32-44-35-57(73-9)62(76-12)58(36-44)74-10/h13,16-17,30,33-40,49-50H,14-15,18-29,31-32H2,1-12H3/q+2. The first-order valence-corrected chi connectivity index (χ1v) is 26.9. The van der Waals surface area contributed by atoms with Crippen molar-refractivity contribution in [2.75, 3.05) is 125 Å². The fourth-order valence-corrected chi connectivity index (χ4v) is 11.6. The van der Waals surface area contributed by atoms with E-state index in [0.29, 0.717) is 109 Å². The topological polar surface area (TPSA) is 145 Å². The third-order valence-corrected chi connectivity index (χ3v) is 16.0. The highest BCUT2D eigenvalue weighted by Crippen LogP contribution is 2.47. The Kier molecular flexibility index (Phi) is 20.3. The highest BCUT2D eigenvalue weighted by atomic mass is 16.6. The number of methoxy groups -OCH3 is 10. The molecule has 422 valence electrons. The van der Waals surface area contributed by atoms with E-state index in [4.69, 9.17) is 56.8 Å². The quantitative estimate of drug-likeness (QED) is 0.0266. The molecule has 16 nitrogen and oxygen atoms in total. The summed E-state index contributed by atoms with van der Waals surface area (Å²) in [5.74, 6) is 5.83. The summed E-state index contributed by atoms with van der Waals surface area (Å²) in [5, 5.41) is 0. The Morgan fingerprint density at radius 3 is 1.12 bits per heavy atom. The lowest BCUT2D eigenvalue weighted by Crippen LogP contribution is -2.52. The Labute approximate surface area is 461 Å². The number of hydrogen-bond acceptors (Lipinski definition) is 14. The average Bonchev–Trinajstić information content (AvgIpc) is 3.55. The van der Waals surface area contributed by atoms with E-state index in [1.54, 1.807) is 71.1 Å². The minimum Gasteiger partial charge on any atom is -0.493 e. The maximum atomic E-state index is 13.2. The second-order valence-electron chi connectivity index (χ2n) is 20.6. The van der Waals surface area contributed by atoms with Crippen LogP contribution in [0.5, 0.6) is 57.5 Å². The van der Waals surface area contributed by atoms with Gasteiger partial charge in [-0.15, -0.1) is 0 Å². The van der Waals surface area contributed by atoms with Gasteiger partial charge in [-0.05, 0) is 94.8 Å². The summed E-state index contributed by atoms with van der Waals surface area (Å²) in [6.45, 7) is 4.00.